The second-order valence-corrected chi connectivity index (χ2v) is 3.25. The Balaban J connectivity index is 2.60. The number of nitro benzene ring substituents is 1. The molecule has 0 saturated heterocycles. The number of rotatable bonds is 1. The molecule has 1 N–H and O–H groups in total. The van der Waals surface area contributed by atoms with Crippen LogP contribution in [-0.4, -0.2) is 17.4 Å². The van der Waals surface area contributed by atoms with Gasteiger partial charge in [-0.3, -0.25) is 14.9 Å². The van der Waals surface area contributed by atoms with Crippen LogP contribution in [0.1, 0.15) is 5.56 Å². The molecule has 0 aliphatic carbocycles. The number of nitrogens with one attached hydrogen (secondary N) is 1. The molecule has 2 rings (SSSR count). The average Bonchev–Trinajstić information content (AvgIpc) is 2.17. The summed E-state index contributed by atoms with van der Waals surface area (Å²) in [5, 5.41) is 13.2. The Morgan fingerprint density at radius 3 is 2.93 bits per heavy atom. The Morgan fingerprint density at radius 2 is 2.27 bits per heavy atom. The van der Waals surface area contributed by atoms with Crippen LogP contribution in [0.2, 0.25) is 0 Å². The highest BCUT2D eigenvalue weighted by Crippen LogP contribution is 2.37. The maximum Gasteiger partial charge on any atom is 0.296 e. The molecule has 6 nitrogen and oxygen atoms in total. The number of hydrogen-bond acceptors (Lipinski definition) is 4. The number of amides is 1. The van der Waals surface area contributed by atoms with E-state index in [-0.39, 0.29) is 23.9 Å². The summed E-state index contributed by atoms with van der Waals surface area (Å²) in [5.41, 5.74) is 0.719. The molecular weight excluding hydrogens is 200 g/mol. The fraction of sp³-hybridized carbons (Fsp3) is 0.222. The first-order valence-corrected chi connectivity index (χ1v) is 4.29. The van der Waals surface area contributed by atoms with Gasteiger partial charge < -0.3 is 10.1 Å². The van der Waals surface area contributed by atoms with Gasteiger partial charge in [-0.05, 0) is 18.6 Å². The molecule has 15 heavy (non-hydrogen) atoms. The number of anilines is 1. The van der Waals surface area contributed by atoms with E-state index < -0.39 is 4.92 Å². The molecule has 1 amide bonds. The summed E-state index contributed by atoms with van der Waals surface area (Å²) in [5.74, 6) is -0.0317. The van der Waals surface area contributed by atoms with Crippen molar-refractivity contribution in [1.82, 2.24) is 0 Å². The highest BCUT2D eigenvalue weighted by atomic mass is 16.6. The van der Waals surface area contributed by atoms with Gasteiger partial charge in [-0.2, -0.15) is 0 Å². The summed E-state index contributed by atoms with van der Waals surface area (Å²) < 4.78 is 5.09. The van der Waals surface area contributed by atoms with Gasteiger partial charge in [0.15, 0.2) is 18.0 Å². The van der Waals surface area contributed by atoms with E-state index in [4.69, 9.17) is 4.74 Å². The second kappa shape index (κ2) is 3.23. The molecule has 6 heteroatoms. The monoisotopic (exact) mass is 208 g/mol. The third kappa shape index (κ3) is 1.61. The molecule has 0 spiro atoms. The van der Waals surface area contributed by atoms with Crippen molar-refractivity contribution in [1.29, 1.82) is 0 Å². The zero-order chi connectivity index (χ0) is 11.0. The minimum absolute atomic E-state index is 0.104. The van der Waals surface area contributed by atoms with Crippen molar-refractivity contribution in [3.05, 3.63) is 27.8 Å². The summed E-state index contributed by atoms with van der Waals surface area (Å²) in [6.45, 7) is 1.63. The molecule has 78 valence electrons. The lowest BCUT2D eigenvalue weighted by atomic mass is 10.1. The van der Waals surface area contributed by atoms with Crippen LogP contribution in [0.5, 0.6) is 5.75 Å². The van der Waals surface area contributed by atoms with Gasteiger partial charge in [-0.15, -0.1) is 0 Å². The third-order valence-electron chi connectivity index (χ3n) is 2.05. The summed E-state index contributed by atoms with van der Waals surface area (Å²) in [6.07, 6.45) is 0. The van der Waals surface area contributed by atoms with E-state index in [1.807, 2.05) is 0 Å². The van der Waals surface area contributed by atoms with Crippen LogP contribution in [0.3, 0.4) is 0 Å². The van der Waals surface area contributed by atoms with Crippen LogP contribution >= 0.6 is 0 Å². The highest BCUT2D eigenvalue weighted by molar-refractivity contribution is 5.98. The number of benzene rings is 1. The smallest absolute Gasteiger partial charge is 0.296 e. The standard InChI is InChI=1S/C9H8N2O4/c1-5-2-6(11(13)14)9-7(3-5)15-4-8(12)10-9/h2-3H,4H2,1H3,(H,10,12). The van der Waals surface area contributed by atoms with E-state index in [1.54, 1.807) is 13.0 Å². The fourth-order valence-electron chi connectivity index (χ4n) is 1.44. The Labute approximate surface area is 85.0 Å². The minimum Gasteiger partial charge on any atom is -0.481 e. The normalized spacial score (nSPS) is 13.8. The van der Waals surface area contributed by atoms with Crippen LogP contribution in [-0.2, 0) is 4.79 Å². The van der Waals surface area contributed by atoms with Crippen LogP contribution in [0, 0.1) is 17.0 Å². The summed E-state index contributed by atoms with van der Waals surface area (Å²) >= 11 is 0. The van der Waals surface area contributed by atoms with E-state index in [2.05, 4.69) is 5.32 Å². The van der Waals surface area contributed by atoms with Crippen molar-refractivity contribution >= 4 is 17.3 Å². The summed E-state index contributed by atoms with van der Waals surface area (Å²) in [7, 11) is 0. The number of aryl methyl sites for hydroxylation is 1. The van der Waals surface area contributed by atoms with Crippen LogP contribution in [0.15, 0.2) is 12.1 Å². The van der Waals surface area contributed by atoms with Gasteiger partial charge in [-0.1, -0.05) is 0 Å². The quantitative estimate of drug-likeness (QED) is 0.556. The molecule has 0 saturated carbocycles. The predicted molar refractivity (Wildman–Crippen MR) is 52.0 cm³/mol. The lowest BCUT2D eigenvalue weighted by Gasteiger charge is -2.17. The molecule has 0 atom stereocenters. The van der Waals surface area contributed by atoms with Crippen molar-refractivity contribution in [3.63, 3.8) is 0 Å². The van der Waals surface area contributed by atoms with Crippen molar-refractivity contribution in [2.75, 3.05) is 11.9 Å². The first-order valence-electron chi connectivity index (χ1n) is 4.29. The molecule has 0 aromatic heterocycles. The Kier molecular flexibility index (Phi) is 2.03. The van der Waals surface area contributed by atoms with E-state index in [9.17, 15) is 14.9 Å². The van der Waals surface area contributed by atoms with Gasteiger partial charge >= 0.3 is 0 Å². The number of carbonyl (C=O) groups is 1. The lowest BCUT2D eigenvalue weighted by molar-refractivity contribution is -0.384. The molecular formula is C9H8N2O4. The fourth-order valence-corrected chi connectivity index (χ4v) is 1.44. The largest absolute Gasteiger partial charge is 0.481 e. The zero-order valence-corrected chi connectivity index (χ0v) is 7.94. The van der Waals surface area contributed by atoms with E-state index in [0.29, 0.717) is 5.75 Å². The number of fused-ring (bicyclic) bond motifs is 1. The van der Waals surface area contributed by atoms with Gasteiger partial charge in [-0.25, -0.2) is 0 Å². The molecule has 1 aromatic carbocycles. The van der Waals surface area contributed by atoms with Gasteiger partial charge in [0.1, 0.15) is 0 Å². The number of nitrogens with zero attached hydrogens (tertiary/aromatic N) is 1. The Hall–Kier alpha value is -2.11. The van der Waals surface area contributed by atoms with Crippen molar-refractivity contribution < 1.29 is 14.5 Å². The summed E-state index contributed by atoms with van der Waals surface area (Å²) in [6, 6.07) is 3.05. The molecule has 0 bridgehead atoms. The molecule has 1 aliphatic rings. The predicted octanol–water partition coefficient (Wildman–Crippen LogP) is 1.23. The van der Waals surface area contributed by atoms with Crippen molar-refractivity contribution in [2.45, 2.75) is 6.92 Å². The van der Waals surface area contributed by atoms with Crippen LogP contribution in [0.4, 0.5) is 11.4 Å². The average molecular weight is 208 g/mol. The maximum atomic E-state index is 11.0. The van der Waals surface area contributed by atoms with E-state index in [0.717, 1.165) is 5.56 Å². The third-order valence-corrected chi connectivity index (χ3v) is 2.05. The Bertz CT molecular complexity index is 456. The topological polar surface area (TPSA) is 81.5 Å². The maximum absolute atomic E-state index is 11.0. The number of hydrogen-bond donors (Lipinski definition) is 1. The molecule has 1 aromatic rings. The SMILES string of the molecule is Cc1cc2c(c([N+](=O)[O-])c1)NC(=O)CO2. The van der Waals surface area contributed by atoms with Crippen molar-refractivity contribution in [3.8, 4) is 5.75 Å². The van der Waals surface area contributed by atoms with Crippen LogP contribution in [0.25, 0.3) is 0 Å². The first kappa shape index (κ1) is 9.45. The van der Waals surface area contributed by atoms with Gasteiger partial charge in [0.2, 0.25) is 0 Å². The molecule has 0 radical (unpaired) electrons. The molecule has 1 heterocycles. The molecule has 0 unspecified atom stereocenters. The summed E-state index contributed by atoms with van der Waals surface area (Å²) in [4.78, 5) is 21.2. The van der Waals surface area contributed by atoms with E-state index >= 15 is 0 Å². The first-order chi connectivity index (χ1) is 7.08. The van der Waals surface area contributed by atoms with Crippen molar-refractivity contribution in [2.24, 2.45) is 0 Å². The second-order valence-electron chi connectivity index (χ2n) is 3.25. The molecule has 1 aliphatic heterocycles. The van der Waals surface area contributed by atoms with Gasteiger partial charge in [0.25, 0.3) is 11.6 Å². The zero-order valence-electron chi connectivity index (χ0n) is 7.94. The lowest BCUT2D eigenvalue weighted by Crippen LogP contribution is -2.26. The van der Waals surface area contributed by atoms with Crippen LogP contribution < -0.4 is 10.1 Å². The molecule has 0 fully saturated rings. The number of carbonyl (C=O) groups excluding carboxylic acids is 1. The van der Waals surface area contributed by atoms with E-state index in [1.165, 1.54) is 6.07 Å². The number of ether oxygens (including phenoxy) is 1. The number of nitro groups is 1. The minimum atomic E-state index is -0.541. The highest BCUT2D eigenvalue weighted by Gasteiger charge is 2.25. The van der Waals surface area contributed by atoms with Gasteiger partial charge in [0, 0.05) is 6.07 Å². The Morgan fingerprint density at radius 1 is 1.53 bits per heavy atom. The van der Waals surface area contributed by atoms with Gasteiger partial charge in [0.05, 0.1) is 4.92 Å².